The molecule has 19 heavy (non-hydrogen) atoms. The summed E-state index contributed by atoms with van der Waals surface area (Å²) in [5.41, 5.74) is 2.07. The number of amides is 1. The van der Waals surface area contributed by atoms with Gasteiger partial charge in [0.05, 0.1) is 11.4 Å². The molecular formula is C15H20N2OS. The lowest BCUT2D eigenvalue weighted by Crippen LogP contribution is -2.19. The molecule has 0 unspecified atom stereocenters. The minimum atomic E-state index is 0.0990. The zero-order valence-corrected chi connectivity index (χ0v) is 11.9. The fraction of sp³-hybridized carbons (Fsp3) is 0.533. The van der Waals surface area contributed by atoms with Crippen molar-refractivity contribution in [1.82, 2.24) is 0 Å². The van der Waals surface area contributed by atoms with Crippen LogP contribution in [0.4, 0.5) is 11.4 Å². The Morgan fingerprint density at radius 3 is 2.95 bits per heavy atom. The van der Waals surface area contributed by atoms with Gasteiger partial charge >= 0.3 is 0 Å². The molecule has 0 bridgehead atoms. The minimum absolute atomic E-state index is 0.0990. The smallest absolute Gasteiger partial charge is 0.234 e. The van der Waals surface area contributed by atoms with Crippen LogP contribution in [0.15, 0.2) is 23.1 Å². The van der Waals surface area contributed by atoms with Gasteiger partial charge in [-0.3, -0.25) is 4.79 Å². The molecule has 3 nitrogen and oxygen atoms in total. The first-order chi connectivity index (χ1) is 9.31. The number of nitrogens with one attached hydrogen (secondary N) is 2. The van der Waals surface area contributed by atoms with Crippen molar-refractivity contribution in [3.05, 3.63) is 18.2 Å². The SMILES string of the molecule is O=C1CSc2ccc(NCC3CCCCC3)cc2N1. The Morgan fingerprint density at radius 1 is 1.26 bits per heavy atom. The molecule has 0 atom stereocenters. The molecule has 0 saturated heterocycles. The highest BCUT2D eigenvalue weighted by atomic mass is 32.2. The molecule has 1 fully saturated rings. The van der Waals surface area contributed by atoms with Crippen molar-refractivity contribution in [2.45, 2.75) is 37.0 Å². The van der Waals surface area contributed by atoms with E-state index in [1.165, 1.54) is 37.0 Å². The summed E-state index contributed by atoms with van der Waals surface area (Å²) in [4.78, 5) is 12.6. The second kappa shape index (κ2) is 5.87. The fourth-order valence-electron chi connectivity index (χ4n) is 2.85. The number of carbonyl (C=O) groups excluding carboxylic acids is 1. The zero-order valence-electron chi connectivity index (χ0n) is 11.1. The number of benzene rings is 1. The average molecular weight is 276 g/mol. The van der Waals surface area contributed by atoms with Crippen molar-refractivity contribution in [3.8, 4) is 0 Å². The normalized spacial score (nSPS) is 19.7. The van der Waals surface area contributed by atoms with Gasteiger partial charge in [-0.2, -0.15) is 0 Å². The lowest BCUT2D eigenvalue weighted by Gasteiger charge is -2.23. The monoisotopic (exact) mass is 276 g/mol. The van der Waals surface area contributed by atoms with E-state index in [0.29, 0.717) is 5.75 Å². The summed E-state index contributed by atoms with van der Waals surface area (Å²) in [6, 6.07) is 6.27. The fourth-order valence-corrected chi connectivity index (χ4v) is 3.64. The van der Waals surface area contributed by atoms with E-state index in [4.69, 9.17) is 0 Å². The number of carbonyl (C=O) groups is 1. The van der Waals surface area contributed by atoms with Crippen LogP contribution in [-0.2, 0) is 4.79 Å². The highest BCUT2D eigenvalue weighted by molar-refractivity contribution is 8.00. The first kappa shape index (κ1) is 12.9. The Balaban J connectivity index is 1.61. The quantitative estimate of drug-likeness (QED) is 0.884. The largest absolute Gasteiger partial charge is 0.385 e. The van der Waals surface area contributed by atoms with Gasteiger partial charge in [0.15, 0.2) is 0 Å². The van der Waals surface area contributed by atoms with E-state index < -0.39 is 0 Å². The van der Waals surface area contributed by atoms with Gasteiger partial charge < -0.3 is 10.6 Å². The molecule has 1 aromatic carbocycles. The molecule has 2 aliphatic rings. The maximum Gasteiger partial charge on any atom is 0.234 e. The van der Waals surface area contributed by atoms with Crippen molar-refractivity contribution in [2.24, 2.45) is 5.92 Å². The van der Waals surface area contributed by atoms with Gasteiger partial charge in [-0.25, -0.2) is 0 Å². The molecule has 4 heteroatoms. The predicted molar refractivity (Wildman–Crippen MR) is 80.9 cm³/mol. The second-order valence-corrected chi connectivity index (χ2v) is 6.45. The van der Waals surface area contributed by atoms with Gasteiger partial charge in [-0.1, -0.05) is 19.3 Å². The number of thioether (sulfide) groups is 1. The van der Waals surface area contributed by atoms with Crippen LogP contribution in [-0.4, -0.2) is 18.2 Å². The molecule has 102 valence electrons. The molecule has 0 radical (unpaired) electrons. The summed E-state index contributed by atoms with van der Waals surface area (Å²) in [5, 5.41) is 6.46. The molecule has 1 saturated carbocycles. The van der Waals surface area contributed by atoms with Crippen LogP contribution in [0.2, 0.25) is 0 Å². The molecular weight excluding hydrogens is 256 g/mol. The number of hydrogen-bond donors (Lipinski definition) is 2. The van der Waals surface area contributed by atoms with Crippen molar-refractivity contribution in [1.29, 1.82) is 0 Å². The minimum Gasteiger partial charge on any atom is -0.385 e. The van der Waals surface area contributed by atoms with Crippen molar-refractivity contribution in [2.75, 3.05) is 22.9 Å². The van der Waals surface area contributed by atoms with Crippen molar-refractivity contribution in [3.63, 3.8) is 0 Å². The highest BCUT2D eigenvalue weighted by Crippen LogP contribution is 2.33. The van der Waals surface area contributed by atoms with E-state index in [-0.39, 0.29) is 5.91 Å². The Labute approximate surface area is 118 Å². The van der Waals surface area contributed by atoms with Crippen LogP contribution >= 0.6 is 11.8 Å². The third kappa shape index (κ3) is 3.24. The second-order valence-electron chi connectivity index (χ2n) is 5.43. The average Bonchev–Trinajstić information content (AvgIpc) is 2.46. The first-order valence-corrected chi connectivity index (χ1v) is 8.10. The van der Waals surface area contributed by atoms with Crippen LogP contribution in [0, 0.1) is 5.92 Å². The van der Waals surface area contributed by atoms with Crippen LogP contribution in [0.1, 0.15) is 32.1 Å². The number of anilines is 2. The molecule has 1 aromatic rings. The van der Waals surface area contributed by atoms with E-state index in [1.54, 1.807) is 11.8 Å². The molecule has 1 heterocycles. The number of rotatable bonds is 3. The van der Waals surface area contributed by atoms with E-state index >= 15 is 0 Å². The molecule has 2 N–H and O–H groups in total. The van der Waals surface area contributed by atoms with E-state index in [1.807, 2.05) is 0 Å². The van der Waals surface area contributed by atoms with Gasteiger partial charge in [-0.05, 0) is 37.0 Å². The van der Waals surface area contributed by atoms with Crippen LogP contribution in [0.25, 0.3) is 0 Å². The molecule has 1 amide bonds. The van der Waals surface area contributed by atoms with Gasteiger partial charge in [-0.15, -0.1) is 11.8 Å². The third-order valence-corrected chi connectivity index (χ3v) is 5.01. The summed E-state index contributed by atoms with van der Waals surface area (Å²) < 4.78 is 0. The van der Waals surface area contributed by atoms with Crippen LogP contribution in [0.3, 0.4) is 0 Å². The number of fused-ring (bicyclic) bond motifs is 1. The zero-order chi connectivity index (χ0) is 13.1. The summed E-state index contributed by atoms with van der Waals surface area (Å²) >= 11 is 1.61. The van der Waals surface area contributed by atoms with Gasteiger partial charge in [0.1, 0.15) is 0 Å². The Hall–Kier alpha value is -1.16. The number of hydrogen-bond acceptors (Lipinski definition) is 3. The van der Waals surface area contributed by atoms with Gasteiger partial charge in [0, 0.05) is 17.1 Å². The third-order valence-electron chi connectivity index (χ3n) is 3.93. The highest BCUT2D eigenvalue weighted by Gasteiger charge is 2.16. The summed E-state index contributed by atoms with van der Waals surface area (Å²) in [6.45, 7) is 1.06. The van der Waals surface area contributed by atoms with Gasteiger partial charge in [0.25, 0.3) is 0 Å². The standard InChI is InChI=1S/C15H20N2OS/c18-15-10-19-14-7-6-12(8-13(14)17-15)16-9-11-4-2-1-3-5-11/h6-8,11,16H,1-5,9-10H2,(H,17,18). The Morgan fingerprint density at radius 2 is 2.11 bits per heavy atom. The lowest BCUT2D eigenvalue weighted by atomic mass is 9.89. The molecule has 1 aliphatic carbocycles. The van der Waals surface area contributed by atoms with Crippen molar-refractivity contribution < 1.29 is 4.79 Å². The predicted octanol–water partition coefficient (Wildman–Crippen LogP) is 3.72. The van der Waals surface area contributed by atoms with E-state index in [0.717, 1.165) is 23.8 Å². The maximum absolute atomic E-state index is 11.4. The van der Waals surface area contributed by atoms with Crippen LogP contribution < -0.4 is 10.6 Å². The van der Waals surface area contributed by atoms with Crippen molar-refractivity contribution >= 4 is 29.0 Å². The first-order valence-electron chi connectivity index (χ1n) is 7.12. The molecule has 0 aromatic heterocycles. The Kier molecular flexibility index (Phi) is 3.97. The van der Waals surface area contributed by atoms with E-state index in [2.05, 4.69) is 28.8 Å². The lowest BCUT2D eigenvalue weighted by molar-refractivity contribution is -0.113. The van der Waals surface area contributed by atoms with E-state index in [9.17, 15) is 4.79 Å². The summed E-state index contributed by atoms with van der Waals surface area (Å²) in [7, 11) is 0. The molecule has 1 aliphatic heterocycles. The molecule has 0 spiro atoms. The topological polar surface area (TPSA) is 41.1 Å². The molecule has 3 rings (SSSR count). The summed E-state index contributed by atoms with van der Waals surface area (Å²) in [6.07, 6.45) is 6.86. The maximum atomic E-state index is 11.4. The summed E-state index contributed by atoms with van der Waals surface area (Å²) in [5.74, 6) is 1.44. The Bertz CT molecular complexity index is 469. The van der Waals surface area contributed by atoms with Crippen LogP contribution in [0.5, 0.6) is 0 Å². The van der Waals surface area contributed by atoms with Gasteiger partial charge in [0.2, 0.25) is 5.91 Å².